The number of urea groups is 1. The first kappa shape index (κ1) is 18.2. The maximum absolute atomic E-state index is 12.6. The van der Waals surface area contributed by atoms with Crippen LogP contribution in [0.4, 0.5) is 10.5 Å². The Labute approximate surface area is 158 Å². The summed E-state index contributed by atoms with van der Waals surface area (Å²) in [6, 6.07) is 26.1. The van der Waals surface area contributed by atoms with Crippen LogP contribution in [0.2, 0.25) is 0 Å². The molecule has 0 saturated carbocycles. The first-order chi connectivity index (χ1) is 13.1. The van der Waals surface area contributed by atoms with Crippen LogP contribution in [0, 0.1) is 0 Å². The van der Waals surface area contributed by atoms with Crippen LogP contribution in [-0.4, -0.2) is 18.5 Å². The smallest absolute Gasteiger partial charge is 0.316 e. The van der Waals surface area contributed by atoms with Crippen molar-refractivity contribution in [2.45, 2.75) is 5.92 Å². The van der Waals surface area contributed by atoms with Crippen LogP contribution in [0.15, 0.2) is 84.9 Å². The Kier molecular flexibility index (Phi) is 5.84. The minimum Gasteiger partial charge on any atom is -0.351 e. The molecule has 0 aromatic heterocycles. The molecule has 3 aromatic rings. The number of nitrogens with two attached hydrogens (primary N) is 1. The van der Waals surface area contributed by atoms with Crippen LogP contribution in [0.25, 0.3) is 0 Å². The monoisotopic (exact) mass is 359 g/mol. The number of hydrogen-bond donors (Lipinski definition) is 3. The van der Waals surface area contributed by atoms with Crippen molar-refractivity contribution >= 4 is 17.6 Å². The molecule has 3 aromatic carbocycles. The van der Waals surface area contributed by atoms with E-state index in [1.54, 1.807) is 24.3 Å². The molecule has 0 heterocycles. The highest BCUT2D eigenvalue weighted by atomic mass is 16.2. The second-order valence-electron chi connectivity index (χ2n) is 6.15. The predicted octanol–water partition coefficient (Wildman–Crippen LogP) is 3.74. The van der Waals surface area contributed by atoms with Crippen LogP contribution >= 0.6 is 0 Å². The molecule has 3 amide bonds. The summed E-state index contributed by atoms with van der Waals surface area (Å²) >= 11 is 0. The number of carbonyl (C=O) groups is 2. The number of amides is 3. The van der Waals surface area contributed by atoms with E-state index in [1.807, 2.05) is 36.4 Å². The number of carbonyl (C=O) groups excluding carboxylic acids is 2. The summed E-state index contributed by atoms with van der Waals surface area (Å²) in [6.45, 7) is 0.459. The van der Waals surface area contributed by atoms with Gasteiger partial charge in [0.05, 0.1) is 0 Å². The quantitative estimate of drug-likeness (QED) is 0.626. The molecule has 136 valence electrons. The number of primary amides is 1. The summed E-state index contributed by atoms with van der Waals surface area (Å²) in [7, 11) is 0. The molecule has 5 heteroatoms. The summed E-state index contributed by atoms with van der Waals surface area (Å²) in [5.74, 6) is -0.164. The SMILES string of the molecule is NC(=O)Nc1cccc(C(=O)NCC(c2ccccc2)c2ccccc2)c1. The van der Waals surface area contributed by atoms with Crippen molar-refractivity contribution in [2.75, 3.05) is 11.9 Å². The van der Waals surface area contributed by atoms with E-state index in [1.165, 1.54) is 0 Å². The molecule has 0 aliphatic carbocycles. The van der Waals surface area contributed by atoms with Gasteiger partial charge in [-0.2, -0.15) is 0 Å². The summed E-state index contributed by atoms with van der Waals surface area (Å²) in [5, 5.41) is 5.47. The van der Waals surface area contributed by atoms with Gasteiger partial charge in [-0.25, -0.2) is 4.79 Å². The van der Waals surface area contributed by atoms with Gasteiger partial charge >= 0.3 is 6.03 Å². The van der Waals surface area contributed by atoms with E-state index in [-0.39, 0.29) is 11.8 Å². The molecular formula is C22H21N3O2. The third-order valence-electron chi connectivity index (χ3n) is 4.26. The van der Waals surface area contributed by atoms with Crippen LogP contribution in [0.5, 0.6) is 0 Å². The maximum atomic E-state index is 12.6. The largest absolute Gasteiger partial charge is 0.351 e. The van der Waals surface area contributed by atoms with Crippen LogP contribution in [0.1, 0.15) is 27.4 Å². The number of anilines is 1. The Balaban J connectivity index is 1.76. The van der Waals surface area contributed by atoms with Gasteiger partial charge in [-0.05, 0) is 29.3 Å². The van der Waals surface area contributed by atoms with Gasteiger partial charge in [-0.15, -0.1) is 0 Å². The van der Waals surface area contributed by atoms with Crippen molar-refractivity contribution in [1.29, 1.82) is 0 Å². The topological polar surface area (TPSA) is 84.2 Å². The Morgan fingerprint density at radius 3 is 1.96 bits per heavy atom. The number of nitrogens with one attached hydrogen (secondary N) is 2. The molecule has 0 aliphatic heterocycles. The molecule has 0 bridgehead atoms. The molecule has 3 rings (SSSR count). The Morgan fingerprint density at radius 1 is 0.815 bits per heavy atom. The van der Waals surface area contributed by atoms with E-state index in [4.69, 9.17) is 5.73 Å². The van der Waals surface area contributed by atoms with Gasteiger partial charge in [0.2, 0.25) is 0 Å². The van der Waals surface area contributed by atoms with Crippen molar-refractivity contribution in [2.24, 2.45) is 5.73 Å². The molecule has 0 unspecified atom stereocenters. The zero-order chi connectivity index (χ0) is 19.1. The van der Waals surface area contributed by atoms with Gasteiger partial charge in [0.15, 0.2) is 0 Å². The second kappa shape index (κ2) is 8.67. The summed E-state index contributed by atoms with van der Waals surface area (Å²) in [6.07, 6.45) is 0. The lowest BCUT2D eigenvalue weighted by Gasteiger charge is -2.19. The van der Waals surface area contributed by atoms with Crippen molar-refractivity contribution in [3.05, 3.63) is 102 Å². The molecule has 0 aliphatic rings. The lowest BCUT2D eigenvalue weighted by atomic mass is 9.91. The Hall–Kier alpha value is -3.60. The van der Waals surface area contributed by atoms with Gasteiger partial charge in [0, 0.05) is 23.7 Å². The molecule has 4 N–H and O–H groups in total. The first-order valence-electron chi connectivity index (χ1n) is 8.68. The molecule has 0 spiro atoms. The maximum Gasteiger partial charge on any atom is 0.316 e. The Morgan fingerprint density at radius 2 is 1.41 bits per heavy atom. The van der Waals surface area contributed by atoms with E-state index >= 15 is 0 Å². The van der Waals surface area contributed by atoms with E-state index in [0.29, 0.717) is 17.8 Å². The summed E-state index contributed by atoms with van der Waals surface area (Å²) < 4.78 is 0. The summed E-state index contributed by atoms with van der Waals surface area (Å²) in [4.78, 5) is 23.6. The lowest BCUT2D eigenvalue weighted by molar-refractivity contribution is 0.0952. The fourth-order valence-electron chi connectivity index (χ4n) is 2.98. The molecule has 0 fully saturated rings. The van der Waals surface area contributed by atoms with Gasteiger partial charge in [0.1, 0.15) is 0 Å². The third-order valence-corrected chi connectivity index (χ3v) is 4.26. The number of hydrogen-bond acceptors (Lipinski definition) is 2. The van der Waals surface area contributed by atoms with Crippen LogP contribution < -0.4 is 16.4 Å². The van der Waals surface area contributed by atoms with Crippen molar-refractivity contribution in [3.8, 4) is 0 Å². The molecule has 27 heavy (non-hydrogen) atoms. The zero-order valence-corrected chi connectivity index (χ0v) is 14.8. The molecule has 0 atom stereocenters. The predicted molar refractivity (Wildman–Crippen MR) is 107 cm³/mol. The van der Waals surface area contributed by atoms with Gasteiger partial charge in [-0.1, -0.05) is 66.7 Å². The Bertz CT molecular complexity index is 872. The normalized spacial score (nSPS) is 10.4. The van der Waals surface area contributed by atoms with Crippen LogP contribution in [0.3, 0.4) is 0 Å². The standard InChI is InChI=1S/C22H21N3O2/c23-22(27)25-19-13-7-12-18(14-19)21(26)24-15-20(16-8-3-1-4-9-16)17-10-5-2-6-11-17/h1-14,20H,15H2,(H,24,26)(H3,23,25,27). The van der Waals surface area contributed by atoms with E-state index in [0.717, 1.165) is 11.1 Å². The van der Waals surface area contributed by atoms with Crippen molar-refractivity contribution in [3.63, 3.8) is 0 Å². The van der Waals surface area contributed by atoms with Gasteiger partial charge in [0.25, 0.3) is 5.91 Å². The van der Waals surface area contributed by atoms with Crippen molar-refractivity contribution < 1.29 is 9.59 Å². The average Bonchev–Trinajstić information content (AvgIpc) is 2.69. The molecule has 0 saturated heterocycles. The number of rotatable bonds is 6. The number of benzene rings is 3. The van der Waals surface area contributed by atoms with Crippen molar-refractivity contribution in [1.82, 2.24) is 5.32 Å². The third kappa shape index (κ3) is 4.95. The van der Waals surface area contributed by atoms with Gasteiger partial charge < -0.3 is 16.4 Å². The molecule has 5 nitrogen and oxygen atoms in total. The fraction of sp³-hybridized carbons (Fsp3) is 0.0909. The minimum absolute atomic E-state index is 0.0447. The zero-order valence-electron chi connectivity index (χ0n) is 14.8. The minimum atomic E-state index is -0.666. The highest BCUT2D eigenvalue weighted by molar-refractivity contribution is 5.96. The highest BCUT2D eigenvalue weighted by Crippen LogP contribution is 2.24. The lowest BCUT2D eigenvalue weighted by Crippen LogP contribution is -2.29. The fourth-order valence-corrected chi connectivity index (χ4v) is 2.98. The average molecular weight is 359 g/mol. The van der Waals surface area contributed by atoms with E-state index in [9.17, 15) is 9.59 Å². The second-order valence-corrected chi connectivity index (χ2v) is 6.15. The van der Waals surface area contributed by atoms with E-state index in [2.05, 4.69) is 34.9 Å². The highest BCUT2D eigenvalue weighted by Gasteiger charge is 2.16. The van der Waals surface area contributed by atoms with E-state index < -0.39 is 6.03 Å². The van der Waals surface area contributed by atoms with Crippen LogP contribution in [-0.2, 0) is 0 Å². The first-order valence-corrected chi connectivity index (χ1v) is 8.68. The molecule has 0 radical (unpaired) electrons. The molecular weight excluding hydrogens is 338 g/mol. The van der Waals surface area contributed by atoms with Gasteiger partial charge in [-0.3, -0.25) is 4.79 Å². The summed E-state index contributed by atoms with van der Waals surface area (Å²) in [5.41, 5.74) is 8.34.